The SMILES string of the molecule is C=CC(=C)C(O)CCCC#N.[C-]#[O+].[C-]#[O+].[C-]#[O+].[Fe]. The van der Waals surface area contributed by atoms with Gasteiger partial charge in [0, 0.05) is 23.5 Å². The van der Waals surface area contributed by atoms with Crippen LogP contribution in [-0.2, 0) is 31.0 Å². The van der Waals surface area contributed by atoms with E-state index in [0.29, 0.717) is 24.8 Å². The summed E-state index contributed by atoms with van der Waals surface area (Å²) in [5, 5.41) is 17.5. The van der Waals surface area contributed by atoms with Gasteiger partial charge in [0.1, 0.15) is 0 Å². The van der Waals surface area contributed by atoms with E-state index in [2.05, 4.69) is 33.1 Å². The summed E-state index contributed by atoms with van der Waals surface area (Å²) in [5.41, 5.74) is 0.628. The maximum absolute atomic E-state index is 9.26. The first-order chi connectivity index (χ1) is 8.22. The fraction of sp³-hybridized carbons (Fsp3) is 0.333. The Morgan fingerprint density at radius 2 is 1.67 bits per heavy atom. The molecule has 0 aromatic carbocycles. The smallest absolute Gasteiger partial charge is 0 e. The molecule has 0 aliphatic carbocycles. The molecule has 1 N–H and O–H groups in total. The summed E-state index contributed by atoms with van der Waals surface area (Å²) in [7, 11) is 0. The molecule has 0 saturated carbocycles. The second kappa shape index (κ2) is 36.1. The van der Waals surface area contributed by atoms with E-state index in [-0.39, 0.29) is 17.1 Å². The summed E-state index contributed by atoms with van der Waals surface area (Å²) < 4.78 is 22.5. The van der Waals surface area contributed by atoms with Crippen LogP contribution in [0.1, 0.15) is 19.3 Å². The summed E-state index contributed by atoms with van der Waals surface area (Å²) in [6.07, 6.45) is 2.81. The molecule has 0 aliphatic rings. The predicted octanol–water partition coefficient (Wildman–Crippen LogP) is 1.67. The van der Waals surface area contributed by atoms with Gasteiger partial charge < -0.3 is 5.11 Å². The number of hydrogen-bond donors (Lipinski definition) is 1. The van der Waals surface area contributed by atoms with Crippen molar-refractivity contribution in [1.82, 2.24) is 0 Å². The van der Waals surface area contributed by atoms with E-state index >= 15 is 0 Å². The van der Waals surface area contributed by atoms with Gasteiger partial charge in [-0.15, -0.1) is 0 Å². The molecule has 0 radical (unpaired) electrons. The molecule has 5 nitrogen and oxygen atoms in total. The Hall–Kier alpha value is -1.33. The molecule has 18 heavy (non-hydrogen) atoms. The molecule has 0 aromatic rings. The molecule has 0 aromatic heterocycles. The van der Waals surface area contributed by atoms with Gasteiger partial charge in [0.2, 0.25) is 0 Å². The van der Waals surface area contributed by atoms with Gasteiger partial charge in [0.05, 0.1) is 12.2 Å². The number of aliphatic hydroxyl groups is 1. The van der Waals surface area contributed by atoms with E-state index in [1.165, 1.54) is 6.08 Å². The van der Waals surface area contributed by atoms with Gasteiger partial charge in [-0.1, -0.05) is 19.2 Å². The van der Waals surface area contributed by atoms with Crippen LogP contribution in [0.4, 0.5) is 0 Å². The van der Waals surface area contributed by atoms with Crippen LogP contribution in [0, 0.1) is 31.3 Å². The average Bonchev–Trinajstić information content (AvgIpc) is 2.44. The third-order valence-corrected chi connectivity index (χ3v) is 1.46. The van der Waals surface area contributed by atoms with Crippen LogP contribution >= 0.6 is 0 Å². The molecule has 98 valence electrons. The van der Waals surface area contributed by atoms with Crippen molar-refractivity contribution in [2.45, 2.75) is 25.4 Å². The van der Waals surface area contributed by atoms with E-state index in [1.807, 2.05) is 6.07 Å². The zero-order valence-electron chi connectivity index (χ0n) is 9.66. The average molecular weight is 291 g/mol. The molecule has 0 spiro atoms. The zero-order valence-corrected chi connectivity index (χ0v) is 10.8. The van der Waals surface area contributed by atoms with Gasteiger partial charge in [-0.05, 0) is 18.4 Å². The fourth-order valence-corrected chi connectivity index (χ4v) is 0.696. The molecular formula is C12H13FeNO4. The summed E-state index contributed by atoms with van der Waals surface area (Å²) in [6, 6.07) is 2.01. The normalized spacial score (nSPS) is 7.44. The van der Waals surface area contributed by atoms with Crippen molar-refractivity contribution in [1.29, 1.82) is 5.26 Å². The van der Waals surface area contributed by atoms with Crippen molar-refractivity contribution in [3.63, 3.8) is 0 Å². The molecule has 6 heteroatoms. The molecule has 0 amide bonds. The van der Waals surface area contributed by atoms with Crippen LogP contribution in [0.5, 0.6) is 0 Å². The van der Waals surface area contributed by atoms with Crippen molar-refractivity contribution < 1.29 is 36.1 Å². The van der Waals surface area contributed by atoms with Crippen molar-refractivity contribution in [2.24, 2.45) is 0 Å². The van der Waals surface area contributed by atoms with Gasteiger partial charge in [-0.3, -0.25) is 0 Å². The Balaban J connectivity index is -0.0000000700. The maximum atomic E-state index is 9.26. The first kappa shape index (κ1) is 30.1. The molecule has 0 rings (SSSR count). The number of hydrogen-bond acceptors (Lipinski definition) is 2. The van der Waals surface area contributed by atoms with Gasteiger partial charge in [-0.2, -0.15) is 5.26 Å². The predicted molar refractivity (Wildman–Crippen MR) is 56.6 cm³/mol. The van der Waals surface area contributed by atoms with Crippen molar-refractivity contribution in [3.8, 4) is 6.07 Å². The fourth-order valence-electron chi connectivity index (χ4n) is 0.696. The van der Waals surface area contributed by atoms with Gasteiger partial charge in [-0.25, -0.2) is 0 Å². The second-order valence-corrected chi connectivity index (χ2v) is 2.35. The Morgan fingerprint density at radius 1 is 1.28 bits per heavy atom. The van der Waals surface area contributed by atoms with Crippen molar-refractivity contribution in [3.05, 3.63) is 44.8 Å². The topological polar surface area (TPSA) is 104 Å². The van der Waals surface area contributed by atoms with Gasteiger partial charge in [0.15, 0.2) is 0 Å². The Kier molecular flexibility index (Phi) is 60.2. The number of nitriles is 1. The Bertz CT molecular complexity index is 274. The number of unbranched alkanes of at least 4 members (excludes halogenated alkanes) is 1. The van der Waals surface area contributed by atoms with Gasteiger partial charge in [0.25, 0.3) is 0 Å². The van der Waals surface area contributed by atoms with E-state index in [9.17, 15) is 5.11 Å². The molecule has 0 heterocycles. The first-order valence-electron chi connectivity index (χ1n) is 4.20. The van der Waals surface area contributed by atoms with E-state index in [4.69, 9.17) is 19.2 Å². The molecule has 1 atom stereocenters. The molecule has 0 bridgehead atoms. The number of nitrogens with zero attached hydrogens (tertiary/aromatic N) is 1. The quantitative estimate of drug-likeness (QED) is 0.273. The van der Waals surface area contributed by atoms with E-state index in [1.54, 1.807) is 0 Å². The summed E-state index contributed by atoms with van der Waals surface area (Å²) >= 11 is 0. The third kappa shape index (κ3) is 29.3. The molecule has 0 aliphatic heterocycles. The maximum Gasteiger partial charge on any atom is 0 e. The Morgan fingerprint density at radius 3 is 1.94 bits per heavy atom. The van der Waals surface area contributed by atoms with Gasteiger partial charge >= 0.3 is 33.9 Å². The van der Waals surface area contributed by atoms with E-state index < -0.39 is 6.10 Å². The monoisotopic (exact) mass is 291 g/mol. The van der Waals surface area contributed by atoms with Crippen LogP contribution in [0.25, 0.3) is 0 Å². The largest absolute Gasteiger partial charge is 0 e. The third-order valence-electron chi connectivity index (χ3n) is 1.46. The second-order valence-electron chi connectivity index (χ2n) is 2.35. The summed E-state index contributed by atoms with van der Waals surface area (Å²) in [5.74, 6) is 0. The zero-order chi connectivity index (χ0) is 14.7. The standard InChI is InChI=1S/C9H13NO.3CO.Fe/c1-3-8(2)9(11)6-4-5-7-10;3*1-2;/h3,9,11H,1-2,4-6H2;;;;. The minimum absolute atomic E-state index is 0. The first-order valence-corrected chi connectivity index (χ1v) is 4.20. The van der Waals surface area contributed by atoms with E-state index in [0.717, 1.165) is 0 Å². The minimum atomic E-state index is -0.527. The van der Waals surface area contributed by atoms with Crippen LogP contribution in [0.2, 0.25) is 0 Å². The van der Waals surface area contributed by atoms with Crippen LogP contribution in [-0.4, -0.2) is 11.2 Å². The van der Waals surface area contributed by atoms with Crippen molar-refractivity contribution >= 4 is 0 Å². The molecular weight excluding hydrogens is 278 g/mol. The molecule has 0 fully saturated rings. The number of aliphatic hydroxyl groups excluding tert-OH is 1. The minimum Gasteiger partial charge on any atom is 0 e. The van der Waals surface area contributed by atoms with Crippen LogP contribution < -0.4 is 0 Å². The number of rotatable bonds is 5. The Labute approximate surface area is 118 Å². The molecule has 1 unspecified atom stereocenters. The van der Waals surface area contributed by atoms with Crippen LogP contribution in [0.15, 0.2) is 24.8 Å². The molecule has 0 saturated heterocycles. The summed E-state index contributed by atoms with van der Waals surface area (Å²) in [4.78, 5) is 0. The summed E-state index contributed by atoms with van der Waals surface area (Å²) in [6.45, 7) is 20.6. The van der Waals surface area contributed by atoms with Crippen molar-refractivity contribution in [2.75, 3.05) is 0 Å². The van der Waals surface area contributed by atoms with Crippen LogP contribution in [0.3, 0.4) is 0 Å².